The summed E-state index contributed by atoms with van der Waals surface area (Å²) in [6.45, 7) is 0.473. The van der Waals surface area contributed by atoms with E-state index in [4.69, 9.17) is 28.3 Å². The third-order valence-corrected chi connectivity index (χ3v) is 2.94. The van der Waals surface area contributed by atoms with E-state index in [0.29, 0.717) is 10.6 Å². The molecule has 6 nitrogen and oxygen atoms in total. The molecule has 0 aliphatic heterocycles. The van der Waals surface area contributed by atoms with Crippen LogP contribution in [0.5, 0.6) is 0 Å². The maximum atomic E-state index is 11.0. The van der Waals surface area contributed by atoms with Crippen molar-refractivity contribution in [2.24, 2.45) is 0 Å². The number of aliphatic carboxylic acids is 1. The summed E-state index contributed by atoms with van der Waals surface area (Å²) in [5.41, 5.74) is 0.156. The van der Waals surface area contributed by atoms with Crippen molar-refractivity contribution in [3.8, 4) is 0 Å². The van der Waals surface area contributed by atoms with Crippen LogP contribution in [-0.2, 0) is 11.3 Å². The molecule has 0 bridgehead atoms. The number of halogens is 2. The second kappa shape index (κ2) is 6.70. The van der Waals surface area contributed by atoms with Crippen LogP contribution >= 0.6 is 23.2 Å². The molecule has 19 heavy (non-hydrogen) atoms. The molecule has 0 spiro atoms. The topological polar surface area (TPSA) is 83.7 Å². The number of rotatable bonds is 6. The third-order valence-electron chi connectivity index (χ3n) is 2.44. The van der Waals surface area contributed by atoms with E-state index in [2.05, 4.69) is 0 Å². The summed E-state index contributed by atoms with van der Waals surface area (Å²) < 4.78 is 0. The maximum Gasteiger partial charge on any atom is 0.304 e. The largest absolute Gasteiger partial charge is 0.481 e. The van der Waals surface area contributed by atoms with Gasteiger partial charge in [0.15, 0.2) is 0 Å². The zero-order valence-electron chi connectivity index (χ0n) is 10.1. The minimum absolute atomic E-state index is 0.0286. The molecule has 0 atom stereocenters. The highest BCUT2D eigenvalue weighted by atomic mass is 35.5. The van der Waals surface area contributed by atoms with Crippen LogP contribution in [0.4, 0.5) is 5.69 Å². The monoisotopic (exact) mass is 306 g/mol. The van der Waals surface area contributed by atoms with Crippen molar-refractivity contribution in [3.63, 3.8) is 0 Å². The number of hydrogen-bond acceptors (Lipinski definition) is 4. The van der Waals surface area contributed by atoms with Crippen LogP contribution in [0.25, 0.3) is 0 Å². The van der Waals surface area contributed by atoms with Crippen LogP contribution in [0.3, 0.4) is 0 Å². The SMILES string of the molecule is CN(CCC(=O)O)Cc1cc(Cl)cc(Cl)c1[N+](=O)[O-]. The highest BCUT2D eigenvalue weighted by Gasteiger charge is 2.20. The highest BCUT2D eigenvalue weighted by molar-refractivity contribution is 6.36. The molecule has 1 N–H and O–H groups in total. The van der Waals surface area contributed by atoms with Gasteiger partial charge in [0.2, 0.25) is 0 Å². The fourth-order valence-electron chi connectivity index (χ4n) is 1.60. The predicted octanol–water partition coefficient (Wildman–Crippen LogP) is 2.81. The summed E-state index contributed by atoms with van der Waals surface area (Å²) in [5.74, 6) is -0.925. The molecule has 0 heterocycles. The van der Waals surface area contributed by atoms with Crippen molar-refractivity contribution in [2.75, 3.05) is 13.6 Å². The van der Waals surface area contributed by atoms with Crippen LogP contribution < -0.4 is 0 Å². The Kier molecular flexibility index (Phi) is 5.53. The lowest BCUT2D eigenvalue weighted by Gasteiger charge is -2.16. The minimum Gasteiger partial charge on any atom is -0.481 e. The first-order valence-corrected chi connectivity index (χ1v) is 6.09. The molecule has 0 aliphatic carbocycles. The summed E-state index contributed by atoms with van der Waals surface area (Å²) in [6.07, 6.45) is -0.0431. The lowest BCUT2D eigenvalue weighted by molar-refractivity contribution is -0.385. The average Bonchev–Trinajstić information content (AvgIpc) is 2.24. The zero-order chi connectivity index (χ0) is 14.6. The summed E-state index contributed by atoms with van der Waals surface area (Å²) in [7, 11) is 1.67. The molecule has 0 amide bonds. The van der Waals surface area contributed by atoms with Gasteiger partial charge in [0, 0.05) is 23.7 Å². The molecule has 0 saturated carbocycles. The van der Waals surface area contributed by atoms with E-state index < -0.39 is 10.9 Å². The van der Waals surface area contributed by atoms with Gasteiger partial charge in [-0.25, -0.2) is 0 Å². The van der Waals surface area contributed by atoms with E-state index in [1.54, 1.807) is 11.9 Å². The Labute approximate surface area is 119 Å². The Morgan fingerprint density at radius 3 is 2.63 bits per heavy atom. The molecule has 0 fully saturated rings. The Morgan fingerprint density at radius 2 is 2.11 bits per heavy atom. The first-order chi connectivity index (χ1) is 8.81. The molecular weight excluding hydrogens is 295 g/mol. The molecule has 8 heteroatoms. The van der Waals surface area contributed by atoms with E-state index in [1.165, 1.54) is 12.1 Å². The van der Waals surface area contributed by atoms with Gasteiger partial charge in [-0.1, -0.05) is 23.2 Å². The van der Waals surface area contributed by atoms with E-state index in [0.717, 1.165) is 0 Å². The number of carbonyl (C=O) groups is 1. The number of nitrogens with zero attached hydrogens (tertiary/aromatic N) is 2. The third kappa shape index (κ3) is 4.66. The summed E-state index contributed by atoms with van der Waals surface area (Å²) in [5, 5.41) is 19.8. The van der Waals surface area contributed by atoms with Gasteiger partial charge in [0.05, 0.1) is 11.3 Å². The predicted molar refractivity (Wildman–Crippen MR) is 71.7 cm³/mol. The molecule has 0 aromatic heterocycles. The van der Waals surface area contributed by atoms with Gasteiger partial charge < -0.3 is 10.0 Å². The number of benzene rings is 1. The van der Waals surface area contributed by atoms with E-state index in [-0.39, 0.29) is 30.2 Å². The fourth-order valence-corrected chi connectivity index (χ4v) is 2.21. The molecule has 1 aromatic rings. The van der Waals surface area contributed by atoms with Crippen molar-refractivity contribution in [1.82, 2.24) is 4.90 Å². The molecular formula is C11H12Cl2N2O4. The number of carboxylic acids is 1. The van der Waals surface area contributed by atoms with Gasteiger partial charge in [-0.2, -0.15) is 0 Å². The summed E-state index contributed by atoms with van der Waals surface area (Å²) >= 11 is 11.6. The number of carboxylic acid groups (broad SMARTS) is 1. The number of nitro groups is 1. The minimum atomic E-state index is -0.925. The van der Waals surface area contributed by atoms with Crippen LogP contribution in [0.15, 0.2) is 12.1 Å². The first-order valence-electron chi connectivity index (χ1n) is 5.34. The molecule has 104 valence electrons. The van der Waals surface area contributed by atoms with E-state index in [9.17, 15) is 14.9 Å². The molecule has 0 saturated heterocycles. The van der Waals surface area contributed by atoms with E-state index in [1.807, 2.05) is 0 Å². The Hall–Kier alpha value is -1.37. The second-order valence-corrected chi connectivity index (χ2v) is 4.88. The van der Waals surface area contributed by atoms with Crippen molar-refractivity contribution in [3.05, 3.63) is 37.9 Å². The van der Waals surface area contributed by atoms with Gasteiger partial charge >= 0.3 is 5.97 Å². The maximum absolute atomic E-state index is 11.0. The van der Waals surface area contributed by atoms with Gasteiger partial charge in [-0.05, 0) is 19.2 Å². The van der Waals surface area contributed by atoms with Crippen molar-refractivity contribution < 1.29 is 14.8 Å². The van der Waals surface area contributed by atoms with Crippen molar-refractivity contribution in [1.29, 1.82) is 0 Å². The molecule has 0 radical (unpaired) electrons. The molecule has 1 aromatic carbocycles. The molecule has 1 rings (SSSR count). The van der Waals surface area contributed by atoms with Crippen LogP contribution in [0, 0.1) is 10.1 Å². The van der Waals surface area contributed by atoms with Crippen LogP contribution in [-0.4, -0.2) is 34.5 Å². The van der Waals surface area contributed by atoms with Gasteiger partial charge in [0.25, 0.3) is 5.69 Å². The Balaban J connectivity index is 2.93. The quantitative estimate of drug-likeness (QED) is 0.645. The highest BCUT2D eigenvalue weighted by Crippen LogP contribution is 2.32. The van der Waals surface area contributed by atoms with Crippen molar-refractivity contribution >= 4 is 34.9 Å². The normalized spacial score (nSPS) is 10.7. The zero-order valence-corrected chi connectivity index (χ0v) is 11.6. The van der Waals surface area contributed by atoms with Gasteiger partial charge in [-0.15, -0.1) is 0 Å². The summed E-state index contributed by atoms with van der Waals surface area (Å²) in [6, 6.07) is 2.77. The van der Waals surface area contributed by atoms with Gasteiger partial charge in [0.1, 0.15) is 5.02 Å². The number of hydrogen-bond donors (Lipinski definition) is 1. The smallest absolute Gasteiger partial charge is 0.304 e. The standard InChI is InChI=1S/C11H12Cl2N2O4/c1-14(3-2-10(16)17)6-7-4-8(12)5-9(13)11(7)15(18)19/h4-5H,2-3,6H2,1H3,(H,16,17). The lowest BCUT2D eigenvalue weighted by atomic mass is 10.1. The lowest BCUT2D eigenvalue weighted by Crippen LogP contribution is -2.21. The molecule has 0 unspecified atom stereocenters. The van der Waals surface area contributed by atoms with Crippen LogP contribution in [0.1, 0.15) is 12.0 Å². The Morgan fingerprint density at radius 1 is 1.47 bits per heavy atom. The molecule has 0 aliphatic rings. The first kappa shape index (κ1) is 15.7. The summed E-state index contributed by atoms with van der Waals surface area (Å²) in [4.78, 5) is 22.5. The fraction of sp³-hybridized carbons (Fsp3) is 0.364. The van der Waals surface area contributed by atoms with Gasteiger partial charge in [-0.3, -0.25) is 14.9 Å². The van der Waals surface area contributed by atoms with Crippen LogP contribution in [0.2, 0.25) is 10.0 Å². The average molecular weight is 307 g/mol. The van der Waals surface area contributed by atoms with E-state index >= 15 is 0 Å². The van der Waals surface area contributed by atoms with Crippen molar-refractivity contribution in [2.45, 2.75) is 13.0 Å². The Bertz CT molecular complexity index is 508. The number of nitro benzene ring substituents is 1. The second-order valence-electron chi connectivity index (χ2n) is 4.03.